The highest BCUT2D eigenvalue weighted by molar-refractivity contribution is 5.84. The summed E-state index contributed by atoms with van der Waals surface area (Å²) >= 11 is 0. The Kier molecular flexibility index (Phi) is 4.85. The normalized spacial score (nSPS) is 13.7. The molecular formula is C11H21NO2. The number of quaternary nitrogens is 1. The Morgan fingerprint density at radius 2 is 1.64 bits per heavy atom. The maximum atomic E-state index is 10.7. The topological polar surface area (TPSA) is 40.1 Å². The molecule has 0 saturated carbocycles. The van der Waals surface area contributed by atoms with E-state index >= 15 is 0 Å². The Balaban J connectivity index is 4.84. The van der Waals surface area contributed by atoms with Gasteiger partial charge in [-0.1, -0.05) is 6.58 Å². The van der Waals surface area contributed by atoms with Crippen molar-refractivity contribution in [3.05, 3.63) is 12.2 Å². The molecule has 0 saturated heterocycles. The molecule has 14 heavy (non-hydrogen) atoms. The average Bonchev–Trinajstić information content (AvgIpc) is 2.19. The Labute approximate surface area is 86.6 Å². The molecular weight excluding hydrogens is 178 g/mol. The number of hydrogen-bond donors (Lipinski definition) is 0. The lowest BCUT2D eigenvalue weighted by molar-refractivity contribution is -0.939. The smallest absolute Gasteiger partial charge is 0.113 e. The molecule has 0 spiro atoms. The fourth-order valence-electron chi connectivity index (χ4n) is 1.99. The molecule has 1 unspecified atom stereocenters. The number of likely N-dealkylation sites (N-methyl/N-ethyl adjacent to an activating group) is 1. The van der Waals surface area contributed by atoms with Gasteiger partial charge in [0.2, 0.25) is 0 Å². The molecule has 0 aliphatic rings. The molecule has 0 aromatic heterocycles. The fourth-order valence-corrected chi connectivity index (χ4v) is 1.99. The molecule has 0 aliphatic heterocycles. The van der Waals surface area contributed by atoms with E-state index in [4.69, 9.17) is 0 Å². The largest absolute Gasteiger partial charge is 0.545 e. The average molecular weight is 199 g/mol. The molecule has 0 aromatic carbocycles. The molecule has 3 nitrogen and oxygen atoms in total. The molecule has 0 N–H and O–H groups in total. The SMILES string of the molecule is C=C(C(=O)[O-])C(C)[N+](CC)(CC)CC. The zero-order chi connectivity index (χ0) is 11.4. The third-order valence-electron chi connectivity index (χ3n) is 3.48. The predicted molar refractivity (Wildman–Crippen MR) is 55.5 cm³/mol. The zero-order valence-electron chi connectivity index (χ0n) is 9.67. The standard InChI is InChI=1S/C11H21NO2/c1-6-12(7-2,8-3)10(5)9(4)11(13)14/h10H,4,6-8H2,1-3,5H3. The first kappa shape index (κ1) is 13.2. The van der Waals surface area contributed by atoms with E-state index < -0.39 is 5.97 Å². The van der Waals surface area contributed by atoms with Crippen LogP contribution in [-0.2, 0) is 4.79 Å². The number of carbonyl (C=O) groups is 1. The van der Waals surface area contributed by atoms with Crippen molar-refractivity contribution in [1.29, 1.82) is 0 Å². The fraction of sp³-hybridized carbons (Fsp3) is 0.727. The minimum atomic E-state index is -1.13. The van der Waals surface area contributed by atoms with Crippen molar-refractivity contribution in [2.24, 2.45) is 0 Å². The molecule has 1 atom stereocenters. The van der Waals surface area contributed by atoms with Crippen LogP contribution in [0.5, 0.6) is 0 Å². The maximum absolute atomic E-state index is 10.7. The molecule has 0 bridgehead atoms. The summed E-state index contributed by atoms with van der Waals surface area (Å²) in [4.78, 5) is 10.7. The van der Waals surface area contributed by atoms with E-state index in [9.17, 15) is 9.90 Å². The van der Waals surface area contributed by atoms with Gasteiger partial charge in [0.25, 0.3) is 0 Å². The first-order chi connectivity index (χ1) is 6.45. The second-order valence-electron chi connectivity index (χ2n) is 3.66. The Bertz CT molecular complexity index is 211. The van der Waals surface area contributed by atoms with Crippen molar-refractivity contribution < 1.29 is 14.4 Å². The molecule has 0 radical (unpaired) electrons. The Morgan fingerprint density at radius 3 is 1.86 bits per heavy atom. The lowest BCUT2D eigenvalue weighted by atomic mass is 10.1. The molecule has 3 heteroatoms. The van der Waals surface area contributed by atoms with Crippen molar-refractivity contribution >= 4 is 5.97 Å². The van der Waals surface area contributed by atoms with Crippen LogP contribution in [0.1, 0.15) is 27.7 Å². The van der Waals surface area contributed by atoms with Gasteiger partial charge >= 0.3 is 0 Å². The van der Waals surface area contributed by atoms with Crippen molar-refractivity contribution in [3.63, 3.8) is 0 Å². The van der Waals surface area contributed by atoms with Gasteiger partial charge in [-0.2, -0.15) is 0 Å². The number of hydrogen-bond acceptors (Lipinski definition) is 2. The Morgan fingerprint density at radius 1 is 1.29 bits per heavy atom. The summed E-state index contributed by atoms with van der Waals surface area (Å²) in [6, 6.07) is -0.0694. The van der Waals surface area contributed by atoms with Crippen LogP contribution in [0.25, 0.3) is 0 Å². The van der Waals surface area contributed by atoms with Gasteiger partial charge in [0.05, 0.1) is 25.6 Å². The minimum absolute atomic E-state index is 0.0694. The predicted octanol–water partition coefficient (Wildman–Crippen LogP) is 0.557. The van der Waals surface area contributed by atoms with E-state index in [0.29, 0.717) is 0 Å². The van der Waals surface area contributed by atoms with Crippen molar-refractivity contribution in [2.75, 3.05) is 19.6 Å². The lowest BCUT2D eigenvalue weighted by Crippen LogP contribution is -2.56. The summed E-state index contributed by atoms with van der Waals surface area (Å²) in [5, 5.41) is 10.7. The van der Waals surface area contributed by atoms with Gasteiger partial charge in [-0.3, -0.25) is 0 Å². The minimum Gasteiger partial charge on any atom is -0.545 e. The van der Waals surface area contributed by atoms with Crippen LogP contribution in [0.15, 0.2) is 12.2 Å². The molecule has 0 rings (SSSR count). The summed E-state index contributed by atoms with van der Waals surface area (Å²) in [5.74, 6) is -1.13. The van der Waals surface area contributed by atoms with Crippen LogP contribution >= 0.6 is 0 Å². The van der Waals surface area contributed by atoms with E-state index in [2.05, 4.69) is 27.4 Å². The molecule has 0 heterocycles. The summed E-state index contributed by atoms with van der Waals surface area (Å²) in [6.07, 6.45) is 0. The van der Waals surface area contributed by atoms with Crippen molar-refractivity contribution in [1.82, 2.24) is 0 Å². The number of nitrogens with zero attached hydrogens (tertiary/aromatic N) is 1. The molecule has 0 fully saturated rings. The van der Waals surface area contributed by atoms with Gasteiger partial charge in [0.15, 0.2) is 0 Å². The second-order valence-corrected chi connectivity index (χ2v) is 3.66. The molecule has 82 valence electrons. The molecule has 0 amide bonds. The van der Waals surface area contributed by atoms with E-state index in [1.165, 1.54) is 0 Å². The van der Waals surface area contributed by atoms with Gasteiger partial charge in [-0.05, 0) is 27.7 Å². The first-order valence-electron chi connectivity index (χ1n) is 5.21. The third kappa shape index (κ3) is 2.35. The monoisotopic (exact) mass is 199 g/mol. The number of carboxylic acids is 1. The highest BCUT2D eigenvalue weighted by Crippen LogP contribution is 2.18. The van der Waals surface area contributed by atoms with E-state index in [-0.39, 0.29) is 11.6 Å². The summed E-state index contributed by atoms with van der Waals surface area (Å²) in [6.45, 7) is 14.5. The van der Waals surface area contributed by atoms with Crippen molar-refractivity contribution in [3.8, 4) is 0 Å². The van der Waals surface area contributed by atoms with Crippen LogP contribution < -0.4 is 5.11 Å². The molecule has 0 aromatic rings. The quantitative estimate of drug-likeness (QED) is 0.463. The maximum Gasteiger partial charge on any atom is 0.113 e. The second kappa shape index (κ2) is 5.15. The first-order valence-corrected chi connectivity index (χ1v) is 5.21. The Hall–Kier alpha value is -0.830. The van der Waals surface area contributed by atoms with Crippen LogP contribution in [-0.4, -0.2) is 36.1 Å². The van der Waals surface area contributed by atoms with Gasteiger partial charge in [0.1, 0.15) is 6.04 Å². The highest BCUT2D eigenvalue weighted by atomic mass is 16.4. The van der Waals surface area contributed by atoms with Gasteiger partial charge in [0, 0.05) is 5.57 Å². The van der Waals surface area contributed by atoms with Crippen molar-refractivity contribution in [2.45, 2.75) is 33.7 Å². The number of aliphatic carboxylic acids is 1. The van der Waals surface area contributed by atoms with E-state index in [1.54, 1.807) is 0 Å². The van der Waals surface area contributed by atoms with E-state index in [0.717, 1.165) is 24.1 Å². The summed E-state index contributed by atoms with van der Waals surface area (Å²) in [5.41, 5.74) is 0.204. The van der Waals surface area contributed by atoms with E-state index in [1.807, 2.05) is 6.92 Å². The zero-order valence-corrected chi connectivity index (χ0v) is 9.67. The van der Waals surface area contributed by atoms with Crippen LogP contribution in [0.4, 0.5) is 0 Å². The van der Waals surface area contributed by atoms with Crippen LogP contribution in [0.2, 0.25) is 0 Å². The lowest BCUT2D eigenvalue weighted by Gasteiger charge is -2.42. The van der Waals surface area contributed by atoms with Crippen LogP contribution in [0.3, 0.4) is 0 Å². The summed E-state index contributed by atoms with van der Waals surface area (Å²) < 4.78 is 0.757. The number of rotatable bonds is 6. The van der Waals surface area contributed by atoms with Gasteiger partial charge < -0.3 is 14.4 Å². The summed E-state index contributed by atoms with van der Waals surface area (Å²) in [7, 11) is 0. The molecule has 0 aliphatic carbocycles. The van der Waals surface area contributed by atoms with Crippen LogP contribution in [0, 0.1) is 0 Å². The third-order valence-corrected chi connectivity index (χ3v) is 3.48. The van der Waals surface area contributed by atoms with Gasteiger partial charge in [-0.25, -0.2) is 0 Å². The highest BCUT2D eigenvalue weighted by Gasteiger charge is 2.30. The number of carbonyl (C=O) groups excluding carboxylic acids is 1. The number of carboxylic acid groups (broad SMARTS) is 1. The van der Waals surface area contributed by atoms with Gasteiger partial charge in [-0.15, -0.1) is 0 Å².